The molecule has 0 aliphatic carbocycles. The molecule has 0 amide bonds. The van der Waals surface area contributed by atoms with Crippen molar-refractivity contribution < 1.29 is 9.60 Å². The maximum absolute atomic E-state index is 12.1. The summed E-state index contributed by atoms with van der Waals surface area (Å²) in [6.07, 6.45) is 0.419. The molecule has 5 heteroatoms. The Morgan fingerprint density at radius 2 is 2.33 bits per heavy atom. The zero-order valence-electron chi connectivity index (χ0n) is 4.93. The van der Waals surface area contributed by atoms with E-state index in [0.29, 0.717) is 11.3 Å². The van der Waals surface area contributed by atoms with E-state index in [-0.39, 0.29) is 0 Å². The smallest absolute Gasteiger partial charge is 0.182 e. The molecule has 4 nitrogen and oxygen atoms in total. The lowest BCUT2D eigenvalue weighted by Crippen LogP contribution is -2.20. The first-order valence-electron chi connectivity index (χ1n) is 2.18. The molecule has 0 saturated heterocycles. The van der Waals surface area contributed by atoms with Crippen LogP contribution in [0.5, 0.6) is 0 Å². The van der Waals surface area contributed by atoms with Crippen molar-refractivity contribution in [3.63, 3.8) is 0 Å². The van der Waals surface area contributed by atoms with Crippen LogP contribution in [0.1, 0.15) is 0 Å². The van der Waals surface area contributed by atoms with Gasteiger partial charge >= 0.3 is 0 Å². The Labute approximate surface area is 51.8 Å². The molecule has 0 saturated carbocycles. The summed E-state index contributed by atoms with van der Waals surface area (Å²) in [5, 5.41) is 15.2. The minimum atomic E-state index is -0.958. The fourth-order valence-corrected chi connectivity index (χ4v) is 0.229. The van der Waals surface area contributed by atoms with Crippen LogP contribution < -0.4 is 5.73 Å². The van der Waals surface area contributed by atoms with Gasteiger partial charge < -0.3 is 11.1 Å². The van der Waals surface area contributed by atoms with Crippen molar-refractivity contribution in [3.8, 4) is 0 Å². The molecule has 0 aromatic rings. The summed E-state index contributed by atoms with van der Waals surface area (Å²) < 4.78 is 12.1. The van der Waals surface area contributed by atoms with Gasteiger partial charge in [0, 0.05) is 7.05 Å². The summed E-state index contributed by atoms with van der Waals surface area (Å²) in [6.45, 7) is 0. The number of nitrogens with one attached hydrogen (secondary N) is 1. The second kappa shape index (κ2) is 3.03. The second-order valence-electron chi connectivity index (χ2n) is 1.40. The number of rotatable bonds is 2. The van der Waals surface area contributed by atoms with Gasteiger partial charge in [-0.15, -0.1) is 0 Å². The van der Waals surface area contributed by atoms with E-state index in [1.165, 1.54) is 7.05 Å². The molecule has 0 atom stereocenters. The molecule has 4 N–H and O–H groups in total. The van der Waals surface area contributed by atoms with Gasteiger partial charge in [0.05, 0.1) is 6.21 Å². The second-order valence-corrected chi connectivity index (χ2v) is 1.40. The molecule has 0 aromatic heterocycles. The Kier molecular flexibility index (Phi) is 2.66. The maximum atomic E-state index is 12.1. The highest BCUT2D eigenvalue weighted by molar-refractivity contribution is 5.73. The van der Waals surface area contributed by atoms with E-state index in [4.69, 9.17) is 16.4 Å². The largest absolute Gasteiger partial charge is 0.381 e. The average Bonchev–Trinajstić information content (AvgIpc) is 1.84. The lowest BCUT2D eigenvalue weighted by Gasteiger charge is -2.08. The summed E-state index contributed by atoms with van der Waals surface area (Å²) in [6, 6.07) is 0. The van der Waals surface area contributed by atoms with Crippen molar-refractivity contribution in [1.29, 1.82) is 5.41 Å². The van der Waals surface area contributed by atoms with E-state index in [9.17, 15) is 4.39 Å². The van der Waals surface area contributed by atoms with Crippen LogP contribution >= 0.6 is 0 Å². The Bertz CT molecular complexity index is 143. The van der Waals surface area contributed by atoms with Gasteiger partial charge in [0.1, 0.15) is 0 Å². The summed E-state index contributed by atoms with van der Waals surface area (Å²) in [4.78, 5) is 0. The zero-order chi connectivity index (χ0) is 7.44. The first kappa shape index (κ1) is 7.90. The topological polar surface area (TPSA) is 73.3 Å². The van der Waals surface area contributed by atoms with Gasteiger partial charge in [0.25, 0.3) is 0 Å². The van der Waals surface area contributed by atoms with Crippen molar-refractivity contribution in [2.75, 3.05) is 7.05 Å². The number of hydroxylamine groups is 2. The average molecular weight is 133 g/mol. The summed E-state index contributed by atoms with van der Waals surface area (Å²) in [7, 11) is 1.17. The molecule has 0 aliphatic rings. The number of hydrogen-bond donors (Lipinski definition) is 3. The van der Waals surface area contributed by atoms with Crippen molar-refractivity contribution >= 4 is 6.21 Å². The summed E-state index contributed by atoms with van der Waals surface area (Å²) in [5.41, 5.74) is 4.90. The Hall–Kier alpha value is -1.10. The van der Waals surface area contributed by atoms with E-state index in [2.05, 4.69) is 0 Å². The third kappa shape index (κ3) is 2.09. The summed E-state index contributed by atoms with van der Waals surface area (Å²) in [5.74, 6) is -1.43. The van der Waals surface area contributed by atoms with Crippen LogP contribution in [0.2, 0.25) is 0 Å². The molecular formula is C4H8FN3O. The molecular weight excluding hydrogens is 125 g/mol. The molecule has 0 spiro atoms. The molecule has 0 aliphatic heterocycles. The van der Waals surface area contributed by atoms with E-state index in [0.717, 1.165) is 0 Å². The number of allylic oxidation sites excluding steroid dienone is 1. The van der Waals surface area contributed by atoms with Crippen LogP contribution in [-0.4, -0.2) is 23.5 Å². The third-order valence-corrected chi connectivity index (χ3v) is 0.720. The van der Waals surface area contributed by atoms with Crippen molar-refractivity contribution in [1.82, 2.24) is 5.06 Å². The molecule has 0 heterocycles. The SMILES string of the molecule is CN(O)/C(N)=C(\F)C=N. The first-order valence-corrected chi connectivity index (χ1v) is 2.18. The first-order chi connectivity index (χ1) is 4.09. The van der Waals surface area contributed by atoms with Gasteiger partial charge in [-0.2, -0.15) is 0 Å². The van der Waals surface area contributed by atoms with Crippen molar-refractivity contribution in [2.45, 2.75) is 0 Å². The Balaban J connectivity index is 4.27. The predicted octanol–water partition coefficient (Wildman–Crippen LogP) is 0.0543. The normalized spacial score (nSPS) is 12.3. The molecule has 0 radical (unpaired) electrons. The number of nitrogens with zero attached hydrogens (tertiary/aromatic N) is 1. The van der Waals surface area contributed by atoms with Crippen LogP contribution in [0.25, 0.3) is 0 Å². The minimum absolute atomic E-state index is 0.403. The van der Waals surface area contributed by atoms with Gasteiger partial charge in [-0.1, -0.05) is 0 Å². The van der Waals surface area contributed by atoms with Gasteiger partial charge in [0.2, 0.25) is 0 Å². The van der Waals surface area contributed by atoms with Crippen molar-refractivity contribution in [2.24, 2.45) is 5.73 Å². The van der Waals surface area contributed by atoms with Gasteiger partial charge in [0.15, 0.2) is 11.6 Å². The van der Waals surface area contributed by atoms with E-state index >= 15 is 0 Å². The number of halogens is 1. The minimum Gasteiger partial charge on any atom is -0.381 e. The lowest BCUT2D eigenvalue weighted by atomic mass is 10.5. The summed E-state index contributed by atoms with van der Waals surface area (Å²) >= 11 is 0. The standard InChI is InChI=1S/C4H8FN3O/c1-8(9)4(7)3(5)2-6/h2,6,9H,7H2,1H3/b4-3-,6-2?. The predicted molar refractivity (Wildman–Crippen MR) is 30.7 cm³/mol. The van der Waals surface area contributed by atoms with Gasteiger partial charge in [-0.3, -0.25) is 5.21 Å². The molecule has 0 bridgehead atoms. The van der Waals surface area contributed by atoms with Crippen LogP contribution in [-0.2, 0) is 0 Å². The molecule has 0 aromatic carbocycles. The fraction of sp³-hybridized carbons (Fsp3) is 0.250. The molecule has 9 heavy (non-hydrogen) atoms. The quantitative estimate of drug-likeness (QED) is 0.368. The maximum Gasteiger partial charge on any atom is 0.182 e. The Morgan fingerprint density at radius 3 is 2.44 bits per heavy atom. The lowest BCUT2D eigenvalue weighted by molar-refractivity contribution is -0.0316. The molecule has 0 fully saturated rings. The number of nitrogens with two attached hydrogens (primary N) is 1. The Morgan fingerprint density at radius 1 is 1.89 bits per heavy atom. The van der Waals surface area contributed by atoms with Gasteiger partial charge in [-0.05, 0) is 0 Å². The fourth-order valence-electron chi connectivity index (χ4n) is 0.229. The van der Waals surface area contributed by atoms with E-state index < -0.39 is 11.6 Å². The highest BCUT2D eigenvalue weighted by Crippen LogP contribution is 1.97. The highest BCUT2D eigenvalue weighted by atomic mass is 19.1. The van der Waals surface area contributed by atoms with Crippen LogP contribution in [0, 0.1) is 5.41 Å². The molecule has 52 valence electrons. The highest BCUT2D eigenvalue weighted by Gasteiger charge is 2.00. The third-order valence-electron chi connectivity index (χ3n) is 0.720. The van der Waals surface area contributed by atoms with Crippen LogP contribution in [0.4, 0.5) is 4.39 Å². The zero-order valence-corrected chi connectivity index (χ0v) is 4.93. The van der Waals surface area contributed by atoms with Gasteiger partial charge in [-0.25, -0.2) is 9.45 Å². The van der Waals surface area contributed by atoms with E-state index in [1.54, 1.807) is 0 Å². The van der Waals surface area contributed by atoms with Crippen LogP contribution in [0.3, 0.4) is 0 Å². The van der Waals surface area contributed by atoms with Crippen LogP contribution in [0.15, 0.2) is 11.6 Å². The number of hydrogen-bond acceptors (Lipinski definition) is 4. The van der Waals surface area contributed by atoms with Crippen molar-refractivity contribution in [3.05, 3.63) is 11.6 Å². The monoisotopic (exact) mass is 133 g/mol. The van der Waals surface area contributed by atoms with E-state index in [1.807, 2.05) is 0 Å². The molecule has 0 unspecified atom stereocenters. The molecule has 0 rings (SSSR count).